The standard InChI is InChI=1S/C28H34N2O3/c1-19(2)16-26(31)30-18-24-7-5-4-6-23(24)17-25(30)28(33)29-14-12-22(13-15-29)27(32)21-10-8-20(3)9-11-21/h4-11,19,22,25H,12-18H2,1-3H3. The predicted octanol–water partition coefficient (Wildman–Crippen LogP) is 4.42. The Morgan fingerprint density at radius 3 is 2.21 bits per heavy atom. The minimum absolute atomic E-state index is 0.0165. The van der Waals surface area contributed by atoms with Crippen LogP contribution in [0.3, 0.4) is 0 Å². The number of likely N-dealkylation sites (tertiary alicyclic amines) is 1. The number of carbonyl (C=O) groups is 3. The molecule has 0 bridgehead atoms. The summed E-state index contributed by atoms with van der Waals surface area (Å²) in [7, 11) is 0. The zero-order valence-electron chi connectivity index (χ0n) is 19.9. The van der Waals surface area contributed by atoms with Crippen LogP contribution in [0.4, 0.5) is 0 Å². The summed E-state index contributed by atoms with van der Waals surface area (Å²) in [5.41, 5.74) is 4.16. The van der Waals surface area contributed by atoms with Gasteiger partial charge >= 0.3 is 0 Å². The quantitative estimate of drug-likeness (QED) is 0.639. The van der Waals surface area contributed by atoms with E-state index in [2.05, 4.69) is 6.07 Å². The SMILES string of the molecule is Cc1ccc(C(=O)C2CCN(C(=O)C3Cc4ccccc4CN3C(=O)CC(C)C)CC2)cc1. The lowest BCUT2D eigenvalue weighted by Crippen LogP contribution is -2.55. The maximum atomic E-state index is 13.6. The molecule has 174 valence electrons. The Labute approximate surface area is 196 Å². The number of piperidine rings is 1. The molecule has 5 nitrogen and oxygen atoms in total. The second kappa shape index (κ2) is 9.90. The summed E-state index contributed by atoms with van der Waals surface area (Å²) in [6.07, 6.45) is 2.34. The lowest BCUT2D eigenvalue weighted by Gasteiger charge is -2.40. The Morgan fingerprint density at radius 2 is 1.58 bits per heavy atom. The van der Waals surface area contributed by atoms with E-state index >= 15 is 0 Å². The van der Waals surface area contributed by atoms with E-state index in [1.807, 2.05) is 68.1 Å². The first-order valence-corrected chi connectivity index (χ1v) is 12.1. The molecular formula is C28H34N2O3. The predicted molar refractivity (Wildman–Crippen MR) is 129 cm³/mol. The summed E-state index contributed by atoms with van der Waals surface area (Å²) in [5.74, 6) is 0.420. The van der Waals surface area contributed by atoms with Gasteiger partial charge in [0.15, 0.2) is 5.78 Å². The second-order valence-corrected chi connectivity index (χ2v) is 9.94. The van der Waals surface area contributed by atoms with E-state index < -0.39 is 6.04 Å². The summed E-state index contributed by atoms with van der Waals surface area (Å²) in [6.45, 7) is 7.68. The smallest absolute Gasteiger partial charge is 0.245 e. The van der Waals surface area contributed by atoms with Crippen molar-refractivity contribution in [2.75, 3.05) is 13.1 Å². The Bertz CT molecular complexity index is 1020. The molecule has 2 amide bonds. The highest BCUT2D eigenvalue weighted by molar-refractivity contribution is 5.98. The van der Waals surface area contributed by atoms with E-state index in [0.29, 0.717) is 45.3 Å². The molecule has 0 spiro atoms. The van der Waals surface area contributed by atoms with Crippen LogP contribution in [-0.4, -0.2) is 46.5 Å². The van der Waals surface area contributed by atoms with Crippen LogP contribution in [0.15, 0.2) is 48.5 Å². The van der Waals surface area contributed by atoms with Crippen LogP contribution in [0.2, 0.25) is 0 Å². The molecule has 0 radical (unpaired) electrons. The summed E-state index contributed by atoms with van der Waals surface area (Å²) in [4.78, 5) is 43.2. The fourth-order valence-corrected chi connectivity index (χ4v) is 5.00. The minimum Gasteiger partial charge on any atom is -0.341 e. The first-order chi connectivity index (χ1) is 15.8. The van der Waals surface area contributed by atoms with Crippen molar-refractivity contribution in [3.63, 3.8) is 0 Å². The van der Waals surface area contributed by atoms with Crippen molar-refractivity contribution in [1.29, 1.82) is 0 Å². The zero-order valence-corrected chi connectivity index (χ0v) is 19.9. The maximum Gasteiger partial charge on any atom is 0.245 e. The highest BCUT2D eigenvalue weighted by Gasteiger charge is 2.38. The molecular weight excluding hydrogens is 412 g/mol. The van der Waals surface area contributed by atoms with Crippen LogP contribution in [0.1, 0.15) is 60.2 Å². The van der Waals surface area contributed by atoms with E-state index in [1.165, 1.54) is 0 Å². The fourth-order valence-electron chi connectivity index (χ4n) is 5.00. The molecule has 0 N–H and O–H groups in total. The van der Waals surface area contributed by atoms with Gasteiger partial charge in [-0.15, -0.1) is 0 Å². The molecule has 5 heteroatoms. The van der Waals surface area contributed by atoms with Crippen molar-refractivity contribution in [1.82, 2.24) is 9.80 Å². The number of rotatable bonds is 5. The highest BCUT2D eigenvalue weighted by atomic mass is 16.2. The molecule has 0 aromatic heterocycles. The number of nitrogens with zero attached hydrogens (tertiary/aromatic N) is 2. The molecule has 1 atom stereocenters. The number of carbonyl (C=O) groups excluding carboxylic acids is 3. The molecule has 1 saturated heterocycles. The molecule has 2 aliphatic rings. The Hall–Kier alpha value is -2.95. The van der Waals surface area contributed by atoms with Crippen LogP contribution >= 0.6 is 0 Å². The second-order valence-electron chi connectivity index (χ2n) is 9.94. The van der Waals surface area contributed by atoms with Gasteiger partial charge < -0.3 is 9.80 Å². The molecule has 2 heterocycles. The normalized spacial score (nSPS) is 18.8. The summed E-state index contributed by atoms with van der Waals surface area (Å²) < 4.78 is 0. The van der Waals surface area contributed by atoms with Gasteiger partial charge in [-0.1, -0.05) is 67.9 Å². The van der Waals surface area contributed by atoms with Gasteiger partial charge in [0.25, 0.3) is 0 Å². The summed E-state index contributed by atoms with van der Waals surface area (Å²) in [5, 5.41) is 0. The van der Waals surface area contributed by atoms with E-state index in [4.69, 9.17) is 0 Å². The number of aryl methyl sites for hydroxylation is 1. The molecule has 0 saturated carbocycles. The van der Waals surface area contributed by atoms with Crippen LogP contribution < -0.4 is 0 Å². The third-order valence-electron chi connectivity index (χ3n) is 6.95. The molecule has 2 aromatic carbocycles. The van der Waals surface area contributed by atoms with E-state index in [1.54, 1.807) is 4.90 Å². The number of hydrogen-bond donors (Lipinski definition) is 0. The molecule has 2 aliphatic heterocycles. The van der Waals surface area contributed by atoms with Gasteiger partial charge in [-0.3, -0.25) is 14.4 Å². The van der Waals surface area contributed by atoms with Crippen LogP contribution in [0, 0.1) is 18.8 Å². The number of ketones is 1. The van der Waals surface area contributed by atoms with Gasteiger partial charge in [0.2, 0.25) is 11.8 Å². The number of hydrogen-bond acceptors (Lipinski definition) is 3. The summed E-state index contributed by atoms with van der Waals surface area (Å²) in [6, 6.07) is 15.4. The topological polar surface area (TPSA) is 57.7 Å². The zero-order chi connectivity index (χ0) is 23.5. The van der Waals surface area contributed by atoms with Gasteiger partial charge in [0, 0.05) is 44.0 Å². The lowest BCUT2D eigenvalue weighted by atomic mass is 9.87. The van der Waals surface area contributed by atoms with Gasteiger partial charge in [-0.25, -0.2) is 0 Å². The van der Waals surface area contributed by atoms with Crippen molar-refractivity contribution in [2.45, 2.75) is 59.0 Å². The number of fused-ring (bicyclic) bond motifs is 1. The van der Waals surface area contributed by atoms with Crippen LogP contribution in [0.25, 0.3) is 0 Å². The van der Waals surface area contributed by atoms with E-state index in [-0.39, 0.29) is 29.4 Å². The van der Waals surface area contributed by atoms with E-state index in [9.17, 15) is 14.4 Å². The number of amides is 2. The minimum atomic E-state index is -0.462. The average Bonchev–Trinajstić information content (AvgIpc) is 2.82. The average molecular weight is 447 g/mol. The van der Waals surface area contributed by atoms with Crippen molar-refractivity contribution in [2.24, 2.45) is 11.8 Å². The van der Waals surface area contributed by atoms with Crippen LogP contribution in [0.5, 0.6) is 0 Å². The molecule has 2 aromatic rings. The first kappa shape index (κ1) is 23.2. The largest absolute Gasteiger partial charge is 0.341 e. The highest BCUT2D eigenvalue weighted by Crippen LogP contribution is 2.28. The first-order valence-electron chi connectivity index (χ1n) is 12.1. The lowest BCUT2D eigenvalue weighted by molar-refractivity contribution is -0.148. The fraction of sp³-hybridized carbons (Fsp3) is 0.464. The van der Waals surface area contributed by atoms with Crippen LogP contribution in [-0.2, 0) is 22.6 Å². The summed E-state index contributed by atoms with van der Waals surface area (Å²) >= 11 is 0. The van der Waals surface area contributed by atoms with Gasteiger partial charge in [-0.05, 0) is 36.8 Å². The van der Waals surface area contributed by atoms with Crippen molar-refractivity contribution < 1.29 is 14.4 Å². The third kappa shape index (κ3) is 5.18. The number of Topliss-reactive ketones (excluding diaryl/α,β-unsaturated/α-hetero) is 1. The maximum absolute atomic E-state index is 13.6. The molecule has 0 aliphatic carbocycles. The van der Waals surface area contributed by atoms with Crippen molar-refractivity contribution >= 4 is 17.6 Å². The van der Waals surface area contributed by atoms with Crippen molar-refractivity contribution in [3.8, 4) is 0 Å². The Kier molecular flexibility index (Phi) is 6.96. The third-order valence-corrected chi connectivity index (χ3v) is 6.95. The van der Waals surface area contributed by atoms with Gasteiger partial charge in [-0.2, -0.15) is 0 Å². The number of benzene rings is 2. The van der Waals surface area contributed by atoms with Crippen molar-refractivity contribution in [3.05, 3.63) is 70.8 Å². The Morgan fingerprint density at radius 1 is 0.939 bits per heavy atom. The Balaban J connectivity index is 1.45. The van der Waals surface area contributed by atoms with Gasteiger partial charge in [0.05, 0.1) is 0 Å². The molecule has 4 rings (SSSR count). The van der Waals surface area contributed by atoms with Gasteiger partial charge in [0.1, 0.15) is 6.04 Å². The molecule has 1 unspecified atom stereocenters. The molecule has 1 fully saturated rings. The monoisotopic (exact) mass is 446 g/mol. The molecule has 33 heavy (non-hydrogen) atoms. The van der Waals surface area contributed by atoms with E-state index in [0.717, 1.165) is 22.3 Å².